The van der Waals surface area contributed by atoms with Crippen molar-refractivity contribution < 1.29 is 14.0 Å². The van der Waals surface area contributed by atoms with Crippen molar-refractivity contribution in [2.45, 2.75) is 12.8 Å². The van der Waals surface area contributed by atoms with Crippen LogP contribution in [0.4, 0.5) is 10.1 Å². The van der Waals surface area contributed by atoms with Crippen LogP contribution in [0.5, 0.6) is 0 Å². The second-order valence-corrected chi connectivity index (χ2v) is 7.30. The minimum absolute atomic E-state index is 0.0194. The molecular formula is C24H23FN2O2. The number of anilines is 1. The first-order valence-corrected chi connectivity index (χ1v) is 9.91. The van der Waals surface area contributed by atoms with Crippen molar-refractivity contribution in [2.75, 3.05) is 31.1 Å². The molecule has 1 saturated heterocycles. The van der Waals surface area contributed by atoms with E-state index in [1.165, 1.54) is 6.07 Å². The van der Waals surface area contributed by atoms with Gasteiger partial charge in [0, 0.05) is 44.6 Å². The predicted molar refractivity (Wildman–Crippen MR) is 113 cm³/mol. The number of para-hydroxylation sites is 1. The van der Waals surface area contributed by atoms with Crippen LogP contribution < -0.4 is 4.90 Å². The van der Waals surface area contributed by atoms with E-state index in [2.05, 4.69) is 0 Å². The first kappa shape index (κ1) is 19.1. The van der Waals surface area contributed by atoms with Crippen LogP contribution >= 0.6 is 0 Å². The molecule has 148 valence electrons. The fraction of sp³-hybridized carbons (Fsp3) is 0.250. The van der Waals surface area contributed by atoms with Crippen molar-refractivity contribution in [1.29, 1.82) is 0 Å². The number of carbonyl (C=O) groups is 2. The molecule has 0 aromatic heterocycles. The number of hydrogen-bond acceptors (Lipinski definition) is 3. The van der Waals surface area contributed by atoms with Crippen molar-refractivity contribution in [2.24, 2.45) is 0 Å². The number of carbonyl (C=O) groups excluding carboxylic acids is 2. The molecule has 0 atom stereocenters. The van der Waals surface area contributed by atoms with E-state index >= 15 is 0 Å². The Morgan fingerprint density at radius 1 is 0.793 bits per heavy atom. The van der Waals surface area contributed by atoms with E-state index < -0.39 is 0 Å². The molecule has 0 aliphatic carbocycles. The van der Waals surface area contributed by atoms with Gasteiger partial charge in [0.05, 0.1) is 5.69 Å². The van der Waals surface area contributed by atoms with Gasteiger partial charge in [0.1, 0.15) is 5.82 Å². The van der Waals surface area contributed by atoms with Crippen LogP contribution in [-0.4, -0.2) is 42.8 Å². The molecule has 0 bridgehead atoms. The molecule has 4 nitrogen and oxygen atoms in total. The van der Waals surface area contributed by atoms with E-state index in [1.54, 1.807) is 17.0 Å². The molecule has 5 heteroatoms. The SMILES string of the molecule is O=C(CCC(=O)N1CCN(c2ccccc2F)CC1)c1ccc2ccccc2c1. The number of benzene rings is 3. The molecule has 29 heavy (non-hydrogen) atoms. The van der Waals surface area contributed by atoms with Crippen LogP contribution in [0.15, 0.2) is 66.7 Å². The Balaban J connectivity index is 1.30. The summed E-state index contributed by atoms with van der Waals surface area (Å²) in [5.41, 5.74) is 1.21. The number of fused-ring (bicyclic) bond motifs is 1. The Hall–Kier alpha value is -3.21. The zero-order valence-corrected chi connectivity index (χ0v) is 16.2. The first-order chi connectivity index (χ1) is 14.1. The summed E-state index contributed by atoms with van der Waals surface area (Å²) >= 11 is 0. The molecule has 3 aromatic carbocycles. The Morgan fingerprint density at radius 2 is 1.48 bits per heavy atom. The Bertz CT molecular complexity index is 1040. The van der Waals surface area contributed by atoms with Gasteiger partial charge in [0.2, 0.25) is 5.91 Å². The maximum atomic E-state index is 13.9. The lowest BCUT2D eigenvalue weighted by Crippen LogP contribution is -2.49. The highest BCUT2D eigenvalue weighted by molar-refractivity contribution is 6.01. The molecule has 3 aromatic rings. The van der Waals surface area contributed by atoms with Crippen LogP contribution in [0.25, 0.3) is 10.8 Å². The van der Waals surface area contributed by atoms with Gasteiger partial charge in [0.25, 0.3) is 0 Å². The van der Waals surface area contributed by atoms with Crippen molar-refractivity contribution in [3.05, 3.63) is 78.1 Å². The van der Waals surface area contributed by atoms with E-state index in [0.717, 1.165) is 10.8 Å². The van der Waals surface area contributed by atoms with Crippen LogP contribution in [0.2, 0.25) is 0 Å². The molecule has 1 fully saturated rings. The van der Waals surface area contributed by atoms with Crippen molar-refractivity contribution in [3.63, 3.8) is 0 Å². The number of ketones is 1. The lowest BCUT2D eigenvalue weighted by atomic mass is 10.0. The fourth-order valence-corrected chi connectivity index (χ4v) is 3.79. The molecule has 4 rings (SSSR count). The summed E-state index contributed by atoms with van der Waals surface area (Å²) in [5, 5.41) is 2.11. The Morgan fingerprint density at radius 3 is 2.24 bits per heavy atom. The predicted octanol–water partition coefficient (Wildman–Crippen LogP) is 4.29. The summed E-state index contributed by atoms with van der Waals surface area (Å²) in [6, 6.07) is 20.2. The number of Topliss-reactive ketones (excluding diaryl/α,β-unsaturated/α-hetero) is 1. The van der Waals surface area contributed by atoms with Gasteiger partial charge in [-0.1, -0.05) is 48.5 Å². The standard InChI is InChI=1S/C24H23FN2O2/c25-21-7-3-4-8-22(21)26-13-15-27(16-14-26)24(29)12-11-23(28)20-10-9-18-5-1-2-6-19(18)17-20/h1-10,17H,11-16H2. The van der Waals surface area contributed by atoms with Crippen LogP contribution in [-0.2, 0) is 4.79 Å². The zero-order valence-electron chi connectivity index (χ0n) is 16.2. The fourth-order valence-electron chi connectivity index (χ4n) is 3.79. The molecule has 0 saturated carbocycles. The maximum absolute atomic E-state index is 13.9. The van der Waals surface area contributed by atoms with Gasteiger partial charge in [-0.05, 0) is 29.0 Å². The molecule has 1 heterocycles. The number of rotatable bonds is 5. The first-order valence-electron chi connectivity index (χ1n) is 9.91. The molecule has 1 aliphatic heterocycles. The van der Waals surface area contributed by atoms with Crippen molar-refractivity contribution >= 4 is 28.2 Å². The molecule has 1 aliphatic rings. The van der Waals surface area contributed by atoms with Gasteiger partial charge in [-0.25, -0.2) is 4.39 Å². The van der Waals surface area contributed by atoms with E-state index in [-0.39, 0.29) is 30.3 Å². The van der Waals surface area contributed by atoms with Gasteiger partial charge in [-0.3, -0.25) is 9.59 Å². The van der Waals surface area contributed by atoms with Crippen LogP contribution in [0, 0.1) is 5.82 Å². The monoisotopic (exact) mass is 390 g/mol. The van der Waals surface area contributed by atoms with E-state index in [1.807, 2.05) is 53.4 Å². The van der Waals surface area contributed by atoms with E-state index in [0.29, 0.717) is 37.4 Å². The van der Waals surface area contributed by atoms with Crippen molar-refractivity contribution in [1.82, 2.24) is 4.90 Å². The minimum Gasteiger partial charge on any atom is -0.366 e. The largest absolute Gasteiger partial charge is 0.366 e. The molecular weight excluding hydrogens is 367 g/mol. The summed E-state index contributed by atoms with van der Waals surface area (Å²) in [7, 11) is 0. The highest BCUT2D eigenvalue weighted by Gasteiger charge is 2.23. The van der Waals surface area contributed by atoms with Crippen LogP contribution in [0.1, 0.15) is 23.2 Å². The minimum atomic E-state index is -0.242. The number of halogens is 1. The summed E-state index contributed by atoms with van der Waals surface area (Å²) < 4.78 is 13.9. The summed E-state index contributed by atoms with van der Waals surface area (Å²) in [6.45, 7) is 2.26. The normalized spacial score (nSPS) is 14.2. The molecule has 0 N–H and O–H groups in total. The number of nitrogens with zero attached hydrogens (tertiary/aromatic N) is 2. The third-order valence-corrected chi connectivity index (χ3v) is 5.46. The Kier molecular flexibility index (Phi) is 5.56. The molecule has 0 spiro atoms. The second kappa shape index (κ2) is 8.43. The van der Waals surface area contributed by atoms with Gasteiger partial charge in [-0.2, -0.15) is 0 Å². The third-order valence-electron chi connectivity index (χ3n) is 5.46. The van der Waals surface area contributed by atoms with Crippen LogP contribution in [0.3, 0.4) is 0 Å². The zero-order chi connectivity index (χ0) is 20.2. The summed E-state index contributed by atoms with van der Waals surface area (Å²) in [4.78, 5) is 28.8. The van der Waals surface area contributed by atoms with Gasteiger partial charge < -0.3 is 9.80 Å². The lowest BCUT2D eigenvalue weighted by Gasteiger charge is -2.36. The molecule has 0 unspecified atom stereocenters. The van der Waals surface area contributed by atoms with Gasteiger partial charge >= 0.3 is 0 Å². The smallest absolute Gasteiger partial charge is 0.223 e. The lowest BCUT2D eigenvalue weighted by molar-refractivity contribution is -0.131. The van der Waals surface area contributed by atoms with E-state index in [9.17, 15) is 14.0 Å². The number of amides is 1. The average Bonchev–Trinajstić information content (AvgIpc) is 2.77. The highest BCUT2D eigenvalue weighted by Crippen LogP contribution is 2.21. The molecule has 0 radical (unpaired) electrons. The topological polar surface area (TPSA) is 40.6 Å². The number of piperazine rings is 1. The highest BCUT2D eigenvalue weighted by atomic mass is 19.1. The van der Waals surface area contributed by atoms with E-state index in [4.69, 9.17) is 0 Å². The maximum Gasteiger partial charge on any atom is 0.223 e. The Labute approximate surface area is 169 Å². The van der Waals surface area contributed by atoms with Gasteiger partial charge in [-0.15, -0.1) is 0 Å². The van der Waals surface area contributed by atoms with Gasteiger partial charge in [0.15, 0.2) is 5.78 Å². The third kappa shape index (κ3) is 4.29. The average molecular weight is 390 g/mol. The summed E-state index contributed by atoms with van der Waals surface area (Å²) in [6.07, 6.45) is 0.399. The summed E-state index contributed by atoms with van der Waals surface area (Å²) in [5.74, 6) is -0.283. The quantitative estimate of drug-likeness (QED) is 0.610. The number of hydrogen-bond donors (Lipinski definition) is 0. The molecule has 1 amide bonds. The second-order valence-electron chi connectivity index (χ2n) is 7.30. The van der Waals surface area contributed by atoms with Crippen molar-refractivity contribution in [3.8, 4) is 0 Å².